The molecule has 2 atom stereocenters. The van der Waals surface area contributed by atoms with E-state index in [9.17, 15) is 10.1 Å². The molecule has 3 N–H and O–H groups in total. The van der Waals surface area contributed by atoms with Crippen LogP contribution < -0.4 is 11.1 Å². The molecule has 6 heteroatoms. The molecule has 6 nitrogen and oxygen atoms in total. The van der Waals surface area contributed by atoms with Gasteiger partial charge in [-0.15, -0.1) is 0 Å². The number of amides is 1. The van der Waals surface area contributed by atoms with Crippen molar-refractivity contribution in [3.05, 3.63) is 53.9 Å². The molecular formula is C23H25N5O. The molecule has 1 aromatic carbocycles. The Morgan fingerprint density at radius 3 is 2.76 bits per heavy atom. The van der Waals surface area contributed by atoms with E-state index in [2.05, 4.69) is 37.3 Å². The number of nitrogens with zero attached hydrogens (tertiary/aromatic N) is 3. The predicted molar refractivity (Wildman–Crippen MR) is 113 cm³/mol. The van der Waals surface area contributed by atoms with Gasteiger partial charge in [-0.1, -0.05) is 32.9 Å². The number of rotatable bonds is 4. The Morgan fingerprint density at radius 2 is 2.10 bits per heavy atom. The van der Waals surface area contributed by atoms with Crippen LogP contribution in [0.4, 0.5) is 5.69 Å². The van der Waals surface area contributed by atoms with Crippen molar-refractivity contribution in [3.8, 4) is 17.2 Å². The van der Waals surface area contributed by atoms with Crippen LogP contribution in [0.1, 0.15) is 49.5 Å². The molecule has 148 valence electrons. The van der Waals surface area contributed by atoms with Gasteiger partial charge in [0.05, 0.1) is 34.6 Å². The van der Waals surface area contributed by atoms with Crippen LogP contribution in [0.5, 0.6) is 0 Å². The summed E-state index contributed by atoms with van der Waals surface area (Å²) in [6.45, 7) is 6.81. The summed E-state index contributed by atoms with van der Waals surface area (Å²) in [6, 6.07) is 11.8. The van der Waals surface area contributed by atoms with Crippen molar-refractivity contribution in [1.29, 1.82) is 5.26 Å². The number of carbonyl (C=O) groups excluding carboxylic acids is 1. The Kier molecular flexibility index (Phi) is 4.54. The lowest BCUT2D eigenvalue weighted by Crippen LogP contribution is -2.35. The van der Waals surface area contributed by atoms with E-state index in [-0.39, 0.29) is 11.5 Å². The molecular weight excluding hydrogens is 362 g/mol. The normalized spacial score (nSPS) is 20.5. The first-order valence-electron chi connectivity index (χ1n) is 9.89. The van der Waals surface area contributed by atoms with E-state index in [1.807, 2.05) is 30.5 Å². The van der Waals surface area contributed by atoms with Gasteiger partial charge in [-0.3, -0.25) is 4.79 Å². The van der Waals surface area contributed by atoms with Gasteiger partial charge in [0.15, 0.2) is 0 Å². The molecule has 1 saturated carbocycles. The van der Waals surface area contributed by atoms with Gasteiger partial charge >= 0.3 is 0 Å². The van der Waals surface area contributed by atoms with Crippen LogP contribution in [-0.4, -0.2) is 21.6 Å². The van der Waals surface area contributed by atoms with Crippen LogP contribution in [0.15, 0.2) is 42.7 Å². The number of anilines is 1. The maximum absolute atomic E-state index is 12.1. The third-order valence-electron chi connectivity index (χ3n) is 6.60. The van der Waals surface area contributed by atoms with Gasteiger partial charge in [0.2, 0.25) is 0 Å². The Bertz CT molecular complexity index is 1140. The Labute approximate surface area is 170 Å². The molecule has 2 aromatic heterocycles. The monoisotopic (exact) mass is 387 g/mol. The van der Waals surface area contributed by atoms with Crippen molar-refractivity contribution in [1.82, 2.24) is 9.61 Å². The Hall–Kier alpha value is -3.33. The summed E-state index contributed by atoms with van der Waals surface area (Å²) < 4.78 is 1.76. The second kappa shape index (κ2) is 6.93. The summed E-state index contributed by atoms with van der Waals surface area (Å²) in [5, 5.41) is 17.2. The first-order chi connectivity index (χ1) is 13.8. The topological polar surface area (TPSA) is 96.2 Å². The molecule has 0 aliphatic heterocycles. The number of hydrogen-bond donors (Lipinski definition) is 2. The van der Waals surface area contributed by atoms with E-state index in [1.54, 1.807) is 10.6 Å². The number of hydrogen-bond acceptors (Lipinski definition) is 4. The second-order valence-electron chi connectivity index (χ2n) is 8.55. The number of nitriles is 1. The lowest BCUT2D eigenvalue weighted by molar-refractivity contribution is 0.100. The molecule has 0 spiro atoms. The number of aromatic nitrogens is 2. The Morgan fingerprint density at radius 1 is 1.31 bits per heavy atom. The average Bonchev–Trinajstić information content (AvgIpc) is 3.24. The van der Waals surface area contributed by atoms with E-state index in [0.29, 0.717) is 17.0 Å². The lowest BCUT2D eigenvalue weighted by Gasteiger charge is -2.33. The third kappa shape index (κ3) is 3.23. The van der Waals surface area contributed by atoms with Gasteiger partial charge in [0, 0.05) is 17.8 Å². The second-order valence-corrected chi connectivity index (χ2v) is 8.55. The first kappa shape index (κ1) is 19.0. The molecule has 1 amide bonds. The van der Waals surface area contributed by atoms with Crippen LogP contribution in [0.3, 0.4) is 0 Å². The summed E-state index contributed by atoms with van der Waals surface area (Å²) >= 11 is 0. The van der Waals surface area contributed by atoms with Crippen LogP contribution >= 0.6 is 0 Å². The SMILES string of the molecule is CC1CC[C@@H](Nc2c(C(N)=O)cnn3cc(-c4cccc(C#N)c4)cc23)C1(C)C. The lowest BCUT2D eigenvalue weighted by atomic mass is 9.80. The number of primary amides is 1. The maximum Gasteiger partial charge on any atom is 0.252 e. The van der Waals surface area contributed by atoms with Crippen molar-refractivity contribution < 1.29 is 4.79 Å². The fraction of sp³-hybridized carbons (Fsp3) is 0.348. The minimum absolute atomic E-state index is 0.103. The third-order valence-corrected chi connectivity index (χ3v) is 6.60. The molecule has 1 fully saturated rings. The molecule has 0 saturated heterocycles. The van der Waals surface area contributed by atoms with Crippen molar-refractivity contribution in [2.45, 2.75) is 39.7 Å². The zero-order valence-electron chi connectivity index (χ0n) is 16.9. The molecule has 3 aromatic rings. The van der Waals surface area contributed by atoms with E-state index in [0.717, 1.165) is 35.2 Å². The average molecular weight is 387 g/mol. The molecule has 1 unspecified atom stereocenters. The number of nitrogens with two attached hydrogens (primary N) is 1. The van der Waals surface area contributed by atoms with Gasteiger partial charge in [0.1, 0.15) is 0 Å². The van der Waals surface area contributed by atoms with Gasteiger partial charge < -0.3 is 11.1 Å². The first-order valence-corrected chi connectivity index (χ1v) is 9.89. The maximum atomic E-state index is 12.1. The van der Waals surface area contributed by atoms with Gasteiger partial charge in [-0.25, -0.2) is 4.52 Å². The van der Waals surface area contributed by atoms with Gasteiger partial charge in [-0.05, 0) is 47.9 Å². The van der Waals surface area contributed by atoms with Crippen LogP contribution in [-0.2, 0) is 0 Å². The number of nitrogens with one attached hydrogen (secondary N) is 1. The van der Waals surface area contributed by atoms with E-state index < -0.39 is 5.91 Å². The number of fused-ring (bicyclic) bond motifs is 1. The van der Waals surface area contributed by atoms with Crippen LogP contribution in [0.25, 0.3) is 16.6 Å². The number of carbonyl (C=O) groups is 1. The van der Waals surface area contributed by atoms with Crippen molar-refractivity contribution >= 4 is 17.1 Å². The molecule has 0 bridgehead atoms. The van der Waals surface area contributed by atoms with E-state index in [1.165, 1.54) is 6.20 Å². The highest BCUT2D eigenvalue weighted by molar-refractivity contribution is 6.02. The highest BCUT2D eigenvalue weighted by Crippen LogP contribution is 2.44. The summed E-state index contributed by atoms with van der Waals surface area (Å²) in [7, 11) is 0. The summed E-state index contributed by atoms with van der Waals surface area (Å²) in [4.78, 5) is 12.1. The zero-order chi connectivity index (χ0) is 20.8. The molecule has 0 radical (unpaired) electrons. The van der Waals surface area contributed by atoms with Crippen LogP contribution in [0.2, 0.25) is 0 Å². The van der Waals surface area contributed by atoms with Gasteiger partial charge in [-0.2, -0.15) is 10.4 Å². The fourth-order valence-corrected chi connectivity index (χ4v) is 4.26. The van der Waals surface area contributed by atoms with Crippen molar-refractivity contribution in [2.75, 3.05) is 5.32 Å². The summed E-state index contributed by atoms with van der Waals surface area (Å²) in [5.41, 5.74) is 10.1. The summed E-state index contributed by atoms with van der Waals surface area (Å²) in [5.74, 6) is 0.0894. The van der Waals surface area contributed by atoms with Crippen LogP contribution in [0, 0.1) is 22.7 Å². The standard InChI is InChI=1S/C23H25N5O/c1-14-7-8-20(23(14,2)3)27-21-18(22(25)29)12-26-28-13-17(10-19(21)28)16-6-4-5-15(9-16)11-24/h4-6,9-10,12-14,20,27H,7-8H2,1-3H3,(H2,25,29)/t14?,20-/m1/s1. The quantitative estimate of drug-likeness (QED) is 0.701. The predicted octanol–water partition coefficient (Wildman–Crippen LogP) is 4.21. The van der Waals surface area contributed by atoms with Crippen molar-refractivity contribution in [3.63, 3.8) is 0 Å². The minimum atomic E-state index is -0.499. The molecule has 1 aliphatic rings. The van der Waals surface area contributed by atoms with Crippen molar-refractivity contribution in [2.24, 2.45) is 17.1 Å². The fourth-order valence-electron chi connectivity index (χ4n) is 4.26. The van der Waals surface area contributed by atoms with E-state index in [4.69, 9.17) is 5.73 Å². The highest BCUT2D eigenvalue weighted by Gasteiger charge is 2.41. The molecule has 2 heterocycles. The molecule has 29 heavy (non-hydrogen) atoms. The molecule has 4 rings (SSSR count). The van der Waals surface area contributed by atoms with Gasteiger partial charge in [0.25, 0.3) is 5.91 Å². The highest BCUT2D eigenvalue weighted by atomic mass is 16.1. The minimum Gasteiger partial charge on any atom is -0.379 e. The zero-order valence-corrected chi connectivity index (χ0v) is 16.9. The Balaban J connectivity index is 1.83. The molecule has 1 aliphatic carbocycles. The number of benzene rings is 1. The summed E-state index contributed by atoms with van der Waals surface area (Å²) in [6.07, 6.45) is 5.62. The largest absolute Gasteiger partial charge is 0.379 e. The smallest absolute Gasteiger partial charge is 0.252 e. The van der Waals surface area contributed by atoms with E-state index >= 15 is 0 Å².